The van der Waals surface area contributed by atoms with E-state index in [0.29, 0.717) is 5.41 Å². The molecule has 0 bridgehead atoms. The summed E-state index contributed by atoms with van der Waals surface area (Å²) in [6, 6.07) is 1.54. The maximum Gasteiger partial charge on any atom is 0.0209 e. The first-order valence-electron chi connectivity index (χ1n) is 6.50. The van der Waals surface area contributed by atoms with Crippen molar-refractivity contribution in [3.8, 4) is 0 Å². The number of likely N-dealkylation sites (N-methyl/N-ethyl adjacent to an activating group) is 1. The summed E-state index contributed by atoms with van der Waals surface area (Å²) in [5, 5.41) is 3.86. The van der Waals surface area contributed by atoms with E-state index in [1.165, 1.54) is 45.2 Å². The summed E-state index contributed by atoms with van der Waals surface area (Å²) >= 11 is 0. The van der Waals surface area contributed by atoms with E-state index < -0.39 is 0 Å². The lowest BCUT2D eigenvalue weighted by Crippen LogP contribution is -2.43. The number of nitrogens with one attached hydrogen (secondary N) is 1. The Balaban J connectivity index is 1.79. The second-order valence-corrected chi connectivity index (χ2v) is 6.37. The van der Waals surface area contributed by atoms with Crippen LogP contribution in [0, 0.1) is 5.41 Å². The Morgan fingerprint density at radius 3 is 2.60 bits per heavy atom. The van der Waals surface area contributed by atoms with Gasteiger partial charge in [-0.15, -0.1) is 0 Å². The van der Waals surface area contributed by atoms with Crippen LogP contribution < -0.4 is 5.32 Å². The molecule has 88 valence electrons. The van der Waals surface area contributed by atoms with Crippen molar-refractivity contribution in [2.45, 2.75) is 58.0 Å². The summed E-state index contributed by atoms with van der Waals surface area (Å²) in [7, 11) is 2.23. The molecule has 1 saturated heterocycles. The highest BCUT2D eigenvalue weighted by molar-refractivity contribution is 4.88. The summed E-state index contributed by atoms with van der Waals surface area (Å²) in [6.07, 6.45) is 6.92. The van der Waals surface area contributed by atoms with Gasteiger partial charge in [-0.05, 0) is 44.7 Å². The van der Waals surface area contributed by atoms with Gasteiger partial charge in [0.25, 0.3) is 0 Å². The van der Waals surface area contributed by atoms with E-state index in [2.05, 4.69) is 31.1 Å². The van der Waals surface area contributed by atoms with Crippen molar-refractivity contribution in [2.24, 2.45) is 5.41 Å². The van der Waals surface area contributed by atoms with Crippen LogP contribution in [-0.2, 0) is 0 Å². The predicted octanol–water partition coefficient (Wildman–Crippen LogP) is 2.25. The van der Waals surface area contributed by atoms with Crippen molar-refractivity contribution in [1.29, 1.82) is 0 Å². The van der Waals surface area contributed by atoms with E-state index in [0.717, 1.165) is 12.1 Å². The second kappa shape index (κ2) is 4.42. The summed E-state index contributed by atoms with van der Waals surface area (Å²) in [5.74, 6) is 0. The van der Waals surface area contributed by atoms with Crippen molar-refractivity contribution >= 4 is 0 Å². The molecule has 0 spiro atoms. The predicted molar refractivity (Wildman–Crippen MR) is 65.1 cm³/mol. The third kappa shape index (κ3) is 3.18. The minimum absolute atomic E-state index is 0.570. The first-order chi connectivity index (χ1) is 7.05. The van der Waals surface area contributed by atoms with Gasteiger partial charge in [-0.3, -0.25) is 0 Å². The maximum absolute atomic E-state index is 3.86. The number of rotatable bonds is 2. The van der Waals surface area contributed by atoms with E-state index in [1.807, 2.05) is 0 Å². The fourth-order valence-electron chi connectivity index (χ4n) is 3.24. The van der Waals surface area contributed by atoms with Crippen LogP contribution >= 0.6 is 0 Å². The summed E-state index contributed by atoms with van der Waals surface area (Å²) in [4.78, 5) is 2.44. The number of likely N-dealkylation sites (tertiary alicyclic amines) is 1. The number of nitrogens with zero attached hydrogens (tertiary/aromatic N) is 1. The van der Waals surface area contributed by atoms with Crippen LogP contribution in [0.4, 0.5) is 0 Å². The number of hydrogen-bond acceptors (Lipinski definition) is 2. The molecule has 1 heterocycles. The molecule has 0 radical (unpaired) electrons. The van der Waals surface area contributed by atoms with Gasteiger partial charge in [0.2, 0.25) is 0 Å². The van der Waals surface area contributed by atoms with Crippen molar-refractivity contribution < 1.29 is 0 Å². The molecule has 2 nitrogen and oxygen atoms in total. The lowest BCUT2D eigenvalue weighted by molar-refractivity contribution is 0.189. The van der Waals surface area contributed by atoms with Gasteiger partial charge in [-0.2, -0.15) is 0 Å². The fourth-order valence-corrected chi connectivity index (χ4v) is 3.24. The van der Waals surface area contributed by atoms with Crippen LogP contribution in [0.1, 0.15) is 46.0 Å². The Hall–Kier alpha value is -0.0800. The van der Waals surface area contributed by atoms with Gasteiger partial charge >= 0.3 is 0 Å². The SMILES string of the molecule is CN1CC[C@@H](N[C@@H]2CCCC(C)(C)C2)C1. The second-order valence-electron chi connectivity index (χ2n) is 6.37. The third-order valence-electron chi connectivity index (χ3n) is 4.07. The van der Waals surface area contributed by atoms with Gasteiger partial charge in [0.1, 0.15) is 0 Å². The first-order valence-corrected chi connectivity index (χ1v) is 6.50. The third-order valence-corrected chi connectivity index (χ3v) is 4.07. The molecule has 0 aromatic rings. The summed E-state index contributed by atoms with van der Waals surface area (Å²) in [6.45, 7) is 7.36. The Bertz CT molecular complexity index is 213. The average Bonchev–Trinajstić information content (AvgIpc) is 2.49. The quantitative estimate of drug-likeness (QED) is 0.752. The molecule has 1 saturated carbocycles. The molecular formula is C13H26N2. The van der Waals surface area contributed by atoms with Crippen LogP contribution in [0.3, 0.4) is 0 Å². The van der Waals surface area contributed by atoms with Crippen LogP contribution in [0.25, 0.3) is 0 Å². The summed E-state index contributed by atoms with van der Waals surface area (Å²) in [5.41, 5.74) is 0.570. The van der Waals surface area contributed by atoms with E-state index in [4.69, 9.17) is 0 Å². The van der Waals surface area contributed by atoms with Crippen LogP contribution in [0.15, 0.2) is 0 Å². The average molecular weight is 210 g/mol. The van der Waals surface area contributed by atoms with Gasteiger partial charge in [0.05, 0.1) is 0 Å². The minimum Gasteiger partial charge on any atom is -0.310 e. The van der Waals surface area contributed by atoms with Gasteiger partial charge in [0.15, 0.2) is 0 Å². The molecular weight excluding hydrogens is 184 g/mol. The molecule has 2 aliphatic rings. The normalized spacial score (nSPS) is 37.0. The molecule has 1 aliphatic carbocycles. The van der Waals surface area contributed by atoms with E-state index in [9.17, 15) is 0 Å². The van der Waals surface area contributed by atoms with Gasteiger partial charge in [-0.25, -0.2) is 0 Å². The standard InChI is InChI=1S/C13H26N2/c1-13(2)7-4-5-11(9-13)14-12-6-8-15(3)10-12/h11-12,14H,4-10H2,1-3H3/t11-,12-/m1/s1. The molecule has 15 heavy (non-hydrogen) atoms. The zero-order valence-corrected chi connectivity index (χ0v) is 10.6. The lowest BCUT2D eigenvalue weighted by Gasteiger charge is -2.37. The molecule has 1 aliphatic heterocycles. The van der Waals surface area contributed by atoms with Crippen molar-refractivity contribution in [3.63, 3.8) is 0 Å². The molecule has 2 heteroatoms. The van der Waals surface area contributed by atoms with Crippen molar-refractivity contribution in [2.75, 3.05) is 20.1 Å². The van der Waals surface area contributed by atoms with Crippen LogP contribution in [-0.4, -0.2) is 37.1 Å². The Morgan fingerprint density at radius 1 is 1.20 bits per heavy atom. The molecule has 0 aromatic carbocycles. The van der Waals surface area contributed by atoms with Gasteiger partial charge < -0.3 is 10.2 Å². The highest BCUT2D eigenvalue weighted by Crippen LogP contribution is 2.35. The van der Waals surface area contributed by atoms with E-state index in [1.54, 1.807) is 0 Å². The highest BCUT2D eigenvalue weighted by atomic mass is 15.2. The van der Waals surface area contributed by atoms with Gasteiger partial charge in [-0.1, -0.05) is 20.3 Å². The first kappa shape index (κ1) is 11.4. The molecule has 2 atom stereocenters. The molecule has 0 aromatic heterocycles. The zero-order chi connectivity index (χ0) is 10.9. The monoisotopic (exact) mass is 210 g/mol. The van der Waals surface area contributed by atoms with Gasteiger partial charge in [0, 0.05) is 18.6 Å². The molecule has 0 amide bonds. The van der Waals surface area contributed by atoms with E-state index >= 15 is 0 Å². The summed E-state index contributed by atoms with van der Waals surface area (Å²) < 4.78 is 0. The Labute approximate surface area is 94.4 Å². The fraction of sp³-hybridized carbons (Fsp3) is 1.00. The number of hydrogen-bond donors (Lipinski definition) is 1. The van der Waals surface area contributed by atoms with Crippen LogP contribution in [0.2, 0.25) is 0 Å². The Kier molecular flexibility index (Phi) is 3.36. The lowest BCUT2D eigenvalue weighted by atomic mass is 9.75. The maximum atomic E-state index is 3.86. The highest BCUT2D eigenvalue weighted by Gasteiger charge is 2.30. The topological polar surface area (TPSA) is 15.3 Å². The Morgan fingerprint density at radius 2 is 2.00 bits per heavy atom. The zero-order valence-electron chi connectivity index (χ0n) is 10.6. The van der Waals surface area contributed by atoms with E-state index in [-0.39, 0.29) is 0 Å². The smallest absolute Gasteiger partial charge is 0.0209 e. The minimum atomic E-state index is 0.570. The molecule has 0 unspecified atom stereocenters. The van der Waals surface area contributed by atoms with Crippen molar-refractivity contribution in [3.05, 3.63) is 0 Å². The molecule has 2 rings (SSSR count). The van der Waals surface area contributed by atoms with Crippen LogP contribution in [0.5, 0.6) is 0 Å². The van der Waals surface area contributed by atoms with Crippen molar-refractivity contribution in [1.82, 2.24) is 10.2 Å². The molecule has 2 fully saturated rings. The largest absolute Gasteiger partial charge is 0.310 e. The molecule has 1 N–H and O–H groups in total.